The first-order chi connectivity index (χ1) is 17.0. The minimum absolute atomic E-state index is 0.0501. The van der Waals surface area contributed by atoms with E-state index >= 15 is 0 Å². The van der Waals surface area contributed by atoms with Crippen LogP contribution in [-0.4, -0.2) is 55.1 Å². The molecule has 0 saturated carbocycles. The Kier molecular flexibility index (Phi) is 5.81. The summed E-state index contributed by atoms with van der Waals surface area (Å²) in [4.78, 5) is 22.4. The van der Waals surface area contributed by atoms with Gasteiger partial charge in [0.2, 0.25) is 0 Å². The summed E-state index contributed by atoms with van der Waals surface area (Å²) < 4.78 is 1.20. The summed E-state index contributed by atoms with van der Waals surface area (Å²) in [6, 6.07) is 17.2. The Morgan fingerprint density at radius 3 is 2.77 bits per heavy atom. The van der Waals surface area contributed by atoms with Crippen LogP contribution in [0.5, 0.6) is 0 Å². The lowest BCUT2D eigenvalue weighted by Gasteiger charge is -2.60. The van der Waals surface area contributed by atoms with Crippen LogP contribution < -0.4 is 10.2 Å². The summed E-state index contributed by atoms with van der Waals surface area (Å²) >= 11 is 1.61. The quantitative estimate of drug-likeness (QED) is 0.338. The van der Waals surface area contributed by atoms with Crippen LogP contribution >= 0.6 is 11.3 Å². The lowest BCUT2D eigenvalue weighted by Crippen LogP contribution is -2.71. The molecule has 6 rings (SSSR count). The molecule has 2 aromatic carbocycles. The number of amides is 1. The number of thiophene rings is 1. The lowest BCUT2D eigenvalue weighted by molar-refractivity contribution is -0.00237. The Bertz CT molecular complexity index is 1360. The number of aromatic nitrogens is 1. The monoisotopic (exact) mass is 486 g/mol. The molecule has 182 valence electrons. The van der Waals surface area contributed by atoms with Crippen molar-refractivity contribution in [3.63, 3.8) is 0 Å². The number of anilines is 1. The number of nitrogens with zero attached hydrogens (tertiary/aromatic N) is 2. The maximum Gasteiger partial charge on any atom is 0.261 e. The van der Waals surface area contributed by atoms with Crippen LogP contribution in [-0.2, 0) is 6.42 Å². The van der Waals surface area contributed by atoms with Gasteiger partial charge in [-0.3, -0.25) is 4.79 Å². The van der Waals surface area contributed by atoms with Crippen molar-refractivity contribution in [1.29, 1.82) is 0 Å². The van der Waals surface area contributed by atoms with Crippen LogP contribution in [0.15, 0.2) is 54.7 Å². The molecule has 1 unspecified atom stereocenters. The fourth-order valence-electron chi connectivity index (χ4n) is 6.07. The topological polar surface area (TPSA) is 51.4 Å². The molecule has 35 heavy (non-hydrogen) atoms. The molecule has 2 aliphatic heterocycles. The van der Waals surface area contributed by atoms with Gasteiger partial charge in [-0.05, 0) is 55.1 Å². The predicted octanol–water partition coefficient (Wildman–Crippen LogP) is 5.67. The molecule has 2 N–H and O–H groups in total. The highest BCUT2D eigenvalue weighted by Gasteiger charge is 2.50. The number of nitrogens with one attached hydrogen (secondary N) is 2. The second-order valence-corrected chi connectivity index (χ2v) is 11.8. The molecule has 4 heterocycles. The van der Waals surface area contributed by atoms with E-state index in [1.54, 1.807) is 11.3 Å². The Morgan fingerprint density at radius 2 is 1.97 bits per heavy atom. The average molecular weight is 487 g/mol. The Labute approximate surface area is 211 Å². The molecule has 2 fully saturated rings. The van der Waals surface area contributed by atoms with Crippen LogP contribution in [0.3, 0.4) is 0 Å². The fourth-order valence-corrected chi connectivity index (χ4v) is 7.07. The van der Waals surface area contributed by atoms with Crippen molar-refractivity contribution in [3.05, 3.63) is 65.2 Å². The predicted molar refractivity (Wildman–Crippen MR) is 147 cm³/mol. The molecule has 1 spiro atoms. The van der Waals surface area contributed by atoms with E-state index in [9.17, 15) is 4.79 Å². The molecule has 0 bridgehead atoms. The molecule has 2 saturated heterocycles. The smallest absolute Gasteiger partial charge is 0.261 e. The summed E-state index contributed by atoms with van der Waals surface area (Å²) in [6.07, 6.45) is 6.16. The molecule has 2 aromatic heterocycles. The maximum absolute atomic E-state index is 13.3. The fraction of sp³-hybridized carbons (Fsp3) is 0.414. The van der Waals surface area contributed by atoms with Gasteiger partial charge in [0.25, 0.3) is 5.91 Å². The lowest BCUT2D eigenvalue weighted by atomic mass is 9.73. The number of carbonyl (C=O) groups excluding carboxylic acids is 1. The van der Waals surface area contributed by atoms with E-state index in [4.69, 9.17) is 0 Å². The molecule has 5 nitrogen and oxygen atoms in total. The van der Waals surface area contributed by atoms with Crippen molar-refractivity contribution in [2.24, 2.45) is 5.41 Å². The zero-order chi connectivity index (χ0) is 24.0. The van der Waals surface area contributed by atoms with Crippen molar-refractivity contribution in [1.82, 2.24) is 15.2 Å². The largest absolute Gasteiger partial charge is 0.370 e. The minimum Gasteiger partial charge on any atom is -0.370 e. The van der Waals surface area contributed by atoms with Gasteiger partial charge in [-0.1, -0.05) is 44.0 Å². The van der Waals surface area contributed by atoms with Crippen LogP contribution in [0.1, 0.15) is 41.4 Å². The number of para-hydroxylation sites is 1. The van der Waals surface area contributed by atoms with Crippen LogP contribution in [0.2, 0.25) is 0 Å². The van der Waals surface area contributed by atoms with E-state index in [1.807, 2.05) is 0 Å². The number of unbranched alkanes of at least 4 members (excludes halogenated alkanes) is 1. The highest BCUT2D eigenvalue weighted by atomic mass is 32.1. The highest BCUT2D eigenvalue weighted by molar-refractivity contribution is 7.20. The zero-order valence-electron chi connectivity index (χ0n) is 20.6. The summed E-state index contributed by atoms with van der Waals surface area (Å²) in [5.41, 5.74) is 4.23. The van der Waals surface area contributed by atoms with Gasteiger partial charge in [0.15, 0.2) is 0 Å². The molecule has 4 aromatic rings. The van der Waals surface area contributed by atoms with Crippen molar-refractivity contribution in [3.8, 4) is 0 Å². The standard InChI is InChI=1S/C29H34N4OS/c1-3-4-7-22(12-21-15-30-25-9-6-5-8-24(21)25)31-28(34)27-13-20-10-11-23(14-26(20)35-27)33-18-29(19-33)16-32(2)17-29/h5-6,8-11,13-15,22,30H,3-4,7,12,16-19H2,1-2H3,(H,31,34). The van der Waals surface area contributed by atoms with E-state index in [-0.39, 0.29) is 11.9 Å². The van der Waals surface area contributed by atoms with Gasteiger partial charge in [0.05, 0.1) is 4.88 Å². The third-order valence-corrected chi connectivity index (χ3v) is 8.84. The summed E-state index contributed by atoms with van der Waals surface area (Å²) in [7, 11) is 2.20. The molecular formula is C29H34N4OS. The van der Waals surface area contributed by atoms with E-state index < -0.39 is 0 Å². The number of fused-ring (bicyclic) bond motifs is 2. The summed E-state index contributed by atoms with van der Waals surface area (Å²) in [5, 5.41) is 5.77. The normalized spacial score (nSPS) is 18.1. The van der Waals surface area contributed by atoms with Gasteiger partial charge in [0.1, 0.15) is 0 Å². The van der Waals surface area contributed by atoms with E-state index in [1.165, 1.54) is 34.4 Å². The Morgan fingerprint density at radius 1 is 1.14 bits per heavy atom. The van der Waals surface area contributed by atoms with Gasteiger partial charge < -0.3 is 20.1 Å². The summed E-state index contributed by atoms with van der Waals surface area (Å²) in [6.45, 7) is 6.93. The van der Waals surface area contributed by atoms with Crippen LogP contribution in [0, 0.1) is 5.41 Å². The molecule has 0 aliphatic carbocycles. The van der Waals surface area contributed by atoms with Gasteiger partial charge in [-0.25, -0.2) is 0 Å². The first kappa shape index (κ1) is 22.6. The number of carbonyl (C=O) groups is 1. The van der Waals surface area contributed by atoms with E-state index in [2.05, 4.69) is 88.8 Å². The number of likely N-dealkylation sites (tertiary alicyclic amines) is 1. The maximum atomic E-state index is 13.3. The van der Waals surface area contributed by atoms with Crippen molar-refractivity contribution < 1.29 is 4.79 Å². The number of benzene rings is 2. The molecule has 2 aliphatic rings. The summed E-state index contributed by atoms with van der Waals surface area (Å²) in [5.74, 6) is 0.0501. The Hall–Kier alpha value is -2.83. The van der Waals surface area contributed by atoms with E-state index in [0.717, 1.165) is 54.6 Å². The third kappa shape index (κ3) is 4.34. The molecular weight excluding hydrogens is 452 g/mol. The van der Waals surface area contributed by atoms with Crippen molar-refractivity contribution in [2.75, 3.05) is 38.1 Å². The van der Waals surface area contributed by atoms with Crippen molar-refractivity contribution >= 4 is 43.9 Å². The molecule has 0 radical (unpaired) electrons. The number of H-pyrrole nitrogens is 1. The number of aromatic amines is 1. The second-order valence-electron chi connectivity index (χ2n) is 10.7. The van der Waals surface area contributed by atoms with Gasteiger partial charge in [-0.2, -0.15) is 0 Å². The van der Waals surface area contributed by atoms with Gasteiger partial charge >= 0.3 is 0 Å². The number of rotatable bonds is 8. The minimum atomic E-state index is 0.0501. The zero-order valence-corrected chi connectivity index (χ0v) is 21.5. The average Bonchev–Trinajstić information content (AvgIpc) is 3.43. The van der Waals surface area contributed by atoms with Crippen LogP contribution in [0.25, 0.3) is 21.0 Å². The first-order valence-corrected chi connectivity index (χ1v) is 13.7. The molecule has 1 atom stereocenters. The van der Waals surface area contributed by atoms with E-state index in [0.29, 0.717) is 5.41 Å². The van der Waals surface area contributed by atoms with Crippen LogP contribution in [0.4, 0.5) is 5.69 Å². The number of hydrogen-bond donors (Lipinski definition) is 2. The second kappa shape index (κ2) is 8.99. The number of hydrogen-bond acceptors (Lipinski definition) is 4. The third-order valence-electron chi connectivity index (χ3n) is 7.74. The highest BCUT2D eigenvalue weighted by Crippen LogP contribution is 2.42. The first-order valence-electron chi connectivity index (χ1n) is 12.8. The Balaban J connectivity index is 1.16. The van der Waals surface area contributed by atoms with Gasteiger partial charge in [-0.15, -0.1) is 11.3 Å². The molecule has 6 heteroatoms. The van der Waals surface area contributed by atoms with Gasteiger partial charge in [0, 0.05) is 65.1 Å². The van der Waals surface area contributed by atoms with Crippen molar-refractivity contribution in [2.45, 2.75) is 38.6 Å². The molecule has 1 amide bonds. The SMILES string of the molecule is CCCCC(Cc1c[nH]c2ccccc12)NC(=O)c1cc2ccc(N3CC4(CN(C)C4)C3)cc2s1.